The predicted octanol–water partition coefficient (Wildman–Crippen LogP) is 0.492. The van der Waals surface area contributed by atoms with Crippen molar-refractivity contribution in [3.8, 4) is 0 Å². The summed E-state index contributed by atoms with van der Waals surface area (Å²) in [5.74, 6) is 0.676. The minimum Gasteiger partial charge on any atom is -0.467 e. The van der Waals surface area contributed by atoms with Crippen LogP contribution in [0.1, 0.15) is 18.8 Å². The number of imidazole rings is 1. The number of hydrogen-bond acceptors (Lipinski definition) is 5. The first-order valence-corrected chi connectivity index (χ1v) is 6.62. The number of carbonyl (C=O) groups is 1. The van der Waals surface area contributed by atoms with Crippen LogP contribution in [0, 0.1) is 0 Å². The molecule has 6 nitrogen and oxygen atoms in total. The highest BCUT2D eigenvalue weighted by molar-refractivity contribution is 5.73. The standard InChI is InChI=1S/C13H21N3O3/c1-11(13(17)18-2)16-6-4-14-12(16)3-5-15-7-9-19-10-8-15/h4,6,11H,3,5,7-10H2,1-2H3. The Bertz CT molecular complexity index is 413. The number of morpholine rings is 1. The number of methoxy groups -OCH3 is 1. The van der Waals surface area contributed by atoms with Crippen LogP contribution in [0.25, 0.3) is 0 Å². The lowest BCUT2D eigenvalue weighted by Crippen LogP contribution is -2.37. The average Bonchev–Trinajstić information content (AvgIpc) is 2.93. The Balaban J connectivity index is 1.93. The fraction of sp³-hybridized carbons (Fsp3) is 0.692. The summed E-state index contributed by atoms with van der Waals surface area (Å²) in [5, 5.41) is 0. The van der Waals surface area contributed by atoms with Gasteiger partial charge in [-0.1, -0.05) is 0 Å². The Morgan fingerprint density at radius 2 is 2.26 bits per heavy atom. The Kier molecular flexibility index (Phi) is 4.93. The third-order valence-electron chi connectivity index (χ3n) is 3.46. The fourth-order valence-electron chi connectivity index (χ4n) is 2.26. The number of nitrogens with zero attached hydrogens (tertiary/aromatic N) is 3. The molecule has 1 aromatic rings. The normalized spacial score (nSPS) is 18.2. The van der Waals surface area contributed by atoms with Crippen molar-refractivity contribution in [2.75, 3.05) is 40.0 Å². The molecule has 0 radical (unpaired) electrons. The lowest BCUT2D eigenvalue weighted by atomic mass is 10.3. The second-order valence-electron chi connectivity index (χ2n) is 4.65. The molecule has 0 aromatic carbocycles. The van der Waals surface area contributed by atoms with Gasteiger partial charge in [-0.2, -0.15) is 0 Å². The van der Waals surface area contributed by atoms with Crippen molar-refractivity contribution in [2.45, 2.75) is 19.4 Å². The van der Waals surface area contributed by atoms with Crippen LogP contribution in [-0.4, -0.2) is 60.4 Å². The molecular weight excluding hydrogens is 246 g/mol. The summed E-state index contributed by atoms with van der Waals surface area (Å²) < 4.78 is 12.0. The Morgan fingerprint density at radius 3 is 2.95 bits per heavy atom. The molecule has 0 saturated carbocycles. The van der Waals surface area contributed by atoms with E-state index in [0.717, 1.165) is 45.1 Å². The Hall–Kier alpha value is -1.40. The first-order valence-electron chi connectivity index (χ1n) is 6.62. The first-order chi connectivity index (χ1) is 9.22. The van der Waals surface area contributed by atoms with Gasteiger partial charge in [-0.25, -0.2) is 9.78 Å². The zero-order chi connectivity index (χ0) is 13.7. The van der Waals surface area contributed by atoms with Gasteiger partial charge in [-0.3, -0.25) is 4.90 Å². The highest BCUT2D eigenvalue weighted by Crippen LogP contribution is 2.12. The third kappa shape index (κ3) is 3.54. The molecule has 0 aliphatic carbocycles. The lowest BCUT2D eigenvalue weighted by Gasteiger charge is -2.26. The van der Waals surface area contributed by atoms with Crippen molar-refractivity contribution in [2.24, 2.45) is 0 Å². The van der Waals surface area contributed by atoms with Gasteiger partial charge >= 0.3 is 5.97 Å². The van der Waals surface area contributed by atoms with E-state index in [9.17, 15) is 4.79 Å². The molecule has 0 N–H and O–H groups in total. The van der Waals surface area contributed by atoms with Gasteiger partial charge in [-0.05, 0) is 6.92 Å². The molecule has 2 heterocycles. The van der Waals surface area contributed by atoms with E-state index in [2.05, 4.69) is 9.88 Å². The van der Waals surface area contributed by atoms with Crippen LogP contribution in [0.4, 0.5) is 0 Å². The third-order valence-corrected chi connectivity index (χ3v) is 3.46. The molecule has 1 aliphatic heterocycles. The van der Waals surface area contributed by atoms with Crippen molar-refractivity contribution < 1.29 is 14.3 Å². The van der Waals surface area contributed by atoms with E-state index < -0.39 is 0 Å². The van der Waals surface area contributed by atoms with Crippen molar-refractivity contribution >= 4 is 5.97 Å². The van der Waals surface area contributed by atoms with E-state index in [0.29, 0.717) is 0 Å². The first kappa shape index (κ1) is 14.0. The zero-order valence-electron chi connectivity index (χ0n) is 11.5. The van der Waals surface area contributed by atoms with Gasteiger partial charge in [0.25, 0.3) is 0 Å². The molecule has 106 valence electrons. The maximum Gasteiger partial charge on any atom is 0.328 e. The van der Waals surface area contributed by atoms with E-state index in [-0.39, 0.29) is 12.0 Å². The molecule has 6 heteroatoms. The quantitative estimate of drug-likeness (QED) is 0.727. The summed E-state index contributed by atoms with van der Waals surface area (Å²) in [4.78, 5) is 18.3. The number of aromatic nitrogens is 2. The van der Waals surface area contributed by atoms with Gasteiger partial charge in [0.05, 0.1) is 20.3 Å². The summed E-state index contributed by atoms with van der Waals surface area (Å²) in [5.41, 5.74) is 0. The molecule has 0 spiro atoms. The molecule has 2 rings (SSSR count). The van der Waals surface area contributed by atoms with E-state index in [1.165, 1.54) is 7.11 Å². The minimum absolute atomic E-state index is 0.245. The monoisotopic (exact) mass is 267 g/mol. The van der Waals surface area contributed by atoms with Crippen molar-refractivity contribution in [3.05, 3.63) is 18.2 Å². The zero-order valence-corrected chi connectivity index (χ0v) is 11.5. The van der Waals surface area contributed by atoms with Gasteiger partial charge in [0.15, 0.2) is 0 Å². The number of esters is 1. The largest absolute Gasteiger partial charge is 0.467 e. The van der Waals surface area contributed by atoms with Crippen LogP contribution in [-0.2, 0) is 20.7 Å². The van der Waals surface area contributed by atoms with Crippen molar-refractivity contribution in [1.29, 1.82) is 0 Å². The van der Waals surface area contributed by atoms with Gasteiger partial charge in [0, 0.05) is 38.4 Å². The number of carbonyl (C=O) groups excluding carboxylic acids is 1. The molecule has 1 unspecified atom stereocenters. The van der Waals surface area contributed by atoms with Crippen LogP contribution in [0.2, 0.25) is 0 Å². The smallest absolute Gasteiger partial charge is 0.328 e. The molecule has 1 saturated heterocycles. The van der Waals surface area contributed by atoms with E-state index in [1.807, 2.05) is 17.7 Å². The number of rotatable bonds is 5. The topological polar surface area (TPSA) is 56.6 Å². The Labute approximate surface area is 113 Å². The van der Waals surface area contributed by atoms with Crippen LogP contribution in [0.5, 0.6) is 0 Å². The maximum atomic E-state index is 11.6. The molecule has 19 heavy (non-hydrogen) atoms. The van der Waals surface area contributed by atoms with Crippen molar-refractivity contribution in [3.63, 3.8) is 0 Å². The lowest BCUT2D eigenvalue weighted by molar-refractivity contribution is -0.144. The highest BCUT2D eigenvalue weighted by atomic mass is 16.5. The molecule has 1 aliphatic rings. The van der Waals surface area contributed by atoms with Gasteiger partial charge in [0.1, 0.15) is 11.9 Å². The second kappa shape index (κ2) is 6.68. The minimum atomic E-state index is -0.327. The van der Waals surface area contributed by atoms with Crippen LogP contribution in [0.3, 0.4) is 0 Å². The molecule has 1 atom stereocenters. The second-order valence-corrected chi connectivity index (χ2v) is 4.65. The summed E-state index contributed by atoms with van der Waals surface area (Å²) in [6.07, 6.45) is 4.39. The van der Waals surface area contributed by atoms with E-state index in [4.69, 9.17) is 9.47 Å². The predicted molar refractivity (Wildman–Crippen MR) is 69.9 cm³/mol. The SMILES string of the molecule is COC(=O)C(C)n1ccnc1CCN1CCOCC1. The van der Waals surface area contributed by atoms with Crippen LogP contribution in [0.15, 0.2) is 12.4 Å². The van der Waals surface area contributed by atoms with Gasteiger partial charge in [0.2, 0.25) is 0 Å². The fourth-order valence-corrected chi connectivity index (χ4v) is 2.26. The summed E-state index contributed by atoms with van der Waals surface area (Å²) in [6.45, 7) is 6.29. The number of hydrogen-bond donors (Lipinski definition) is 0. The van der Waals surface area contributed by atoms with Crippen molar-refractivity contribution in [1.82, 2.24) is 14.5 Å². The van der Waals surface area contributed by atoms with Crippen LogP contribution >= 0.6 is 0 Å². The van der Waals surface area contributed by atoms with Gasteiger partial charge in [-0.15, -0.1) is 0 Å². The number of ether oxygens (including phenoxy) is 2. The Morgan fingerprint density at radius 1 is 1.53 bits per heavy atom. The molecule has 1 fully saturated rings. The van der Waals surface area contributed by atoms with E-state index in [1.54, 1.807) is 6.20 Å². The molecule has 0 bridgehead atoms. The molecule has 1 aromatic heterocycles. The van der Waals surface area contributed by atoms with E-state index >= 15 is 0 Å². The summed E-state index contributed by atoms with van der Waals surface area (Å²) in [6, 6.07) is -0.327. The van der Waals surface area contributed by atoms with Crippen LogP contribution < -0.4 is 0 Å². The average molecular weight is 267 g/mol. The molecule has 0 amide bonds. The summed E-state index contributed by atoms with van der Waals surface area (Å²) in [7, 11) is 1.41. The van der Waals surface area contributed by atoms with Gasteiger partial charge < -0.3 is 14.0 Å². The highest BCUT2D eigenvalue weighted by Gasteiger charge is 2.18. The summed E-state index contributed by atoms with van der Waals surface area (Å²) >= 11 is 0. The molecular formula is C13H21N3O3. The maximum absolute atomic E-state index is 11.6.